The first-order valence-electron chi connectivity index (χ1n) is 10.9. The summed E-state index contributed by atoms with van der Waals surface area (Å²) in [5.41, 5.74) is 4.41. The number of alkyl carbamates (subject to hydrolysis) is 1. The van der Waals surface area contributed by atoms with E-state index in [0.717, 1.165) is 22.3 Å². The second kappa shape index (κ2) is 9.77. The largest absolute Gasteiger partial charge is 0.480 e. The second-order valence-electron chi connectivity index (χ2n) is 8.18. The molecule has 2 aliphatic rings. The molecule has 0 radical (unpaired) electrons. The maximum atomic E-state index is 12.9. The number of nitrogens with zero attached hydrogens (tertiary/aromatic N) is 1. The molecule has 1 heterocycles. The average molecular weight is 450 g/mol. The Bertz CT molecular complexity index is 1020. The standard InChI is InChI=1S/C25H26N2O6/c1-2-11-32-24(30)26-13-16-12-22(23(28)29)27(14-16)25(31)33-15-21-19-9-5-3-7-17(19)18-8-4-6-10-20(18)21/h2-10,16,21-22H,1,11-15H2,(H,26,30)(H,28,29)/t16-,22-/m0/s1. The van der Waals surface area contributed by atoms with E-state index < -0.39 is 24.2 Å². The van der Waals surface area contributed by atoms with Gasteiger partial charge < -0.3 is 19.9 Å². The fourth-order valence-electron chi connectivity index (χ4n) is 4.60. The third-order valence-corrected chi connectivity index (χ3v) is 6.11. The van der Waals surface area contributed by atoms with Gasteiger partial charge in [0.15, 0.2) is 0 Å². The van der Waals surface area contributed by atoms with Crippen LogP contribution < -0.4 is 5.32 Å². The predicted octanol–water partition coefficient (Wildman–Crippen LogP) is 3.62. The van der Waals surface area contributed by atoms with Gasteiger partial charge in [-0.25, -0.2) is 14.4 Å². The number of carboxylic acid groups (broad SMARTS) is 1. The fourth-order valence-corrected chi connectivity index (χ4v) is 4.60. The van der Waals surface area contributed by atoms with E-state index in [-0.39, 0.29) is 44.6 Å². The summed E-state index contributed by atoms with van der Waals surface area (Å²) < 4.78 is 10.5. The minimum Gasteiger partial charge on any atom is -0.480 e. The molecule has 8 heteroatoms. The number of fused-ring (bicyclic) bond motifs is 3. The first kappa shape index (κ1) is 22.4. The van der Waals surface area contributed by atoms with Crippen LogP contribution in [0.3, 0.4) is 0 Å². The van der Waals surface area contributed by atoms with Gasteiger partial charge in [0.25, 0.3) is 0 Å². The van der Waals surface area contributed by atoms with Crippen LogP contribution in [-0.2, 0) is 14.3 Å². The number of hydrogen-bond donors (Lipinski definition) is 2. The van der Waals surface area contributed by atoms with Crippen molar-refractivity contribution in [2.24, 2.45) is 5.92 Å². The Balaban J connectivity index is 1.40. The summed E-state index contributed by atoms with van der Waals surface area (Å²) >= 11 is 0. The van der Waals surface area contributed by atoms with Gasteiger partial charge in [-0.05, 0) is 34.6 Å². The van der Waals surface area contributed by atoms with Crippen molar-refractivity contribution in [2.45, 2.75) is 18.4 Å². The molecule has 2 atom stereocenters. The molecule has 1 aliphatic heterocycles. The zero-order chi connectivity index (χ0) is 23.4. The van der Waals surface area contributed by atoms with Gasteiger partial charge >= 0.3 is 18.2 Å². The number of likely N-dealkylation sites (tertiary alicyclic amines) is 1. The molecular formula is C25H26N2O6. The number of carbonyl (C=O) groups excluding carboxylic acids is 2. The topological polar surface area (TPSA) is 105 Å². The van der Waals surface area contributed by atoms with Crippen molar-refractivity contribution in [3.63, 3.8) is 0 Å². The maximum absolute atomic E-state index is 12.9. The van der Waals surface area contributed by atoms with Crippen LogP contribution in [0.15, 0.2) is 61.2 Å². The van der Waals surface area contributed by atoms with Crippen LogP contribution >= 0.6 is 0 Å². The molecule has 0 aromatic heterocycles. The van der Waals surface area contributed by atoms with Gasteiger partial charge in [0, 0.05) is 19.0 Å². The van der Waals surface area contributed by atoms with Gasteiger partial charge in [-0.15, -0.1) is 0 Å². The summed E-state index contributed by atoms with van der Waals surface area (Å²) in [4.78, 5) is 37.5. The Morgan fingerprint density at radius 3 is 2.30 bits per heavy atom. The van der Waals surface area contributed by atoms with Gasteiger partial charge in [-0.1, -0.05) is 61.2 Å². The molecule has 2 N–H and O–H groups in total. The molecule has 4 rings (SSSR count). The summed E-state index contributed by atoms with van der Waals surface area (Å²) in [6, 6.07) is 15.0. The Hall–Kier alpha value is -3.81. The Morgan fingerprint density at radius 2 is 1.70 bits per heavy atom. The molecule has 172 valence electrons. The fraction of sp³-hybridized carbons (Fsp3) is 0.320. The SMILES string of the molecule is C=CCOC(=O)NC[C@@H]1C[C@@H](C(=O)O)N(C(=O)OCC2c3ccccc3-c3ccccc32)C1. The highest BCUT2D eigenvalue weighted by Crippen LogP contribution is 2.44. The number of rotatable bonds is 7. The average Bonchev–Trinajstić information content (AvgIpc) is 3.40. The minimum absolute atomic E-state index is 0.0835. The number of aliphatic carboxylic acids is 1. The van der Waals surface area contributed by atoms with Crippen molar-refractivity contribution < 1.29 is 29.0 Å². The van der Waals surface area contributed by atoms with E-state index >= 15 is 0 Å². The zero-order valence-corrected chi connectivity index (χ0v) is 18.1. The van der Waals surface area contributed by atoms with Crippen molar-refractivity contribution in [3.8, 4) is 11.1 Å². The molecule has 1 aliphatic carbocycles. The van der Waals surface area contributed by atoms with Gasteiger partial charge in [0.05, 0.1) is 0 Å². The molecule has 0 saturated carbocycles. The quantitative estimate of drug-likeness (QED) is 0.625. The van der Waals surface area contributed by atoms with Gasteiger partial charge in [0.1, 0.15) is 19.3 Å². The number of carbonyl (C=O) groups is 3. The summed E-state index contributed by atoms with van der Waals surface area (Å²) in [5, 5.41) is 12.2. The molecule has 2 amide bonds. The predicted molar refractivity (Wildman–Crippen MR) is 121 cm³/mol. The van der Waals surface area contributed by atoms with Crippen LogP contribution in [-0.4, -0.2) is 60.5 Å². The van der Waals surface area contributed by atoms with E-state index in [1.807, 2.05) is 36.4 Å². The van der Waals surface area contributed by atoms with E-state index in [0.29, 0.717) is 0 Å². The summed E-state index contributed by atoms with van der Waals surface area (Å²) in [5.74, 6) is -1.42. The third-order valence-electron chi connectivity index (χ3n) is 6.11. The highest BCUT2D eigenvalue weighted by Gasteiger charge is 2.41. The van der Waals surface area contributed by atoms with Crippen LogP contribution in [0.2, 0.25) is 0 Å². The number of amides is 2. The Labute approximate surface area is 191 Å². The van der Waals surface area contributed by atoms with Crippen LogP contribution in [0, 0.1) is 5.92 Å². The smallest absolute Gasteiger partial charge is 0.410 e. The molecule has 33 heavy (non-hydrogen) atoms. The van der Waals surface area contributed by atoms with Crippen molar-refractivity contribution >= 4 is 18.2 Å². The molecule has 1 saturated heterocycles. The molecule has 0 bridgehead atoms. The van der Waals surface area contributed by atoms with E-state index in [1.165, 1.54) is 11.0 Å². The van der Waals surface area contributed by atoms with E-state index in [9.17, 15) is 19.5 Å². The van der Waals surface area contributed by atoms with E-state index in [1.54, 1.807) is 0 Å². The lowest BCUT2D eigenvalue weighted by Gasteiger charge is -2.22. The van der Waals surface area contributed by atoms with E-state index in [2.05, 4.69) is 24.0 Å². The second-order valence-corrected chi connectivity index (χ2v) is 8.18. The highest BCUT2D eigenvalue weighted by atomic mass is 16.6. The van der Waals surface area contributed by atoms with Crippen LogP contribution in [0.5, 0.6) is 0 Å². The Morgan fingerprint density at radius 1 is 1.06 bits per heavy atom. The van der Waals surface area contributed by atoms with Crippen molar-refractivity contribution in [3.05, 3.63) is 72.3 Å². The van der Waals surface area contributed by atoms with Crippen molar-refractivity contribution in [1.29, 1.82) is 0 Å². The van der Waals surface area contributed by atoms with Gasteiger partial charge in [-0.3, -0.25) is 4.90 Å². The monoisotopic (exact) mass is 450 g/mol. The Kier molecular flexibility index (Phi) is 6.63. The van der Waals surface area contributed by atoms with Crippen molar-refractivity contribution in [1.82, 2.24) is 10.2 Å². The van der Waals surface area contributed by atoms with Gasteiger partial charge in [-0.2, -0.15) is 0 Å². The van der Waals surface area contributed by atoms with Crippen molar-refractivity contribution in [2.75, 3.05) is 26.3 Å². The van der Waals surface area contributed by atoms with Crippen LogP contribution in [0.4, 0.5) is 9.59 Å². The zero-order valence-electron chi connectivity index (χ0n) is 18.1. The summed E-state index contributed by atoms with van der Waals surface area (Å²) in [6.07, 6.45) is 0.401. The number of nitrogens with one attached hydrogen (secondary N) is 1. The number of benzene rings is 2. The molecule has 1 fully saturated rings. The van der Waals surface area contributed by atoms with Crippen LogP contribution in [0.25, 0.3) is 11.1 Å². The number of ether oxygens (including phenoxy) is 2. The minimum atomic E-state index is -1.10. The number of hydrogen-bond acceptors (Lipinski definition) is 5. The molecule has 2 aromatic rings. The first-order chi connectivity index (χ1) is 16.0. The highest BCUT2D eigenvalue weighted by molar-refractivity contribution is 5.81. The summed E-state index contributed by atoms with van der Waals surface area (Å²) in [6.45, 7) is 4.05. The molecular weight excluding hydrogens is 424 g/mol. The summed E-state index contributed by atoms with van der Waals surface area (Å²) in [7, 11) is 0. The van der Waals surface area contributed by atoms with E-state index in [4.69, 9.17) is 9.47 Å². The molecule has 8 nitrogen and oxygen atoms in total. The first-order valence-corrected chi connectivity index (χ1v) is 10.9. The third kappa shape index (κ3) is 4.69. The molecule has 0 spiro atoms. The molecule has 2 aromatic carbocycles. The molecule has 0 unspecified atom stereocenters. The maximum Gasteiger partial charge on any atom is 0.410 e. The lowest BCUT2D eigenvalue weighted by molar-refractivity contribution is -0.141. The lowest BCUT2D eigenvalue weighted by Crippen LogP contribution is -2.41. The van der Waals surface area contributed by atoms with Gasteiger partial charge in [0.2, 0.25) is 0 Å². The lowest BCUT2D eigenvalue weighted by atomic mass is 9.98. The van der Waals surface area contributed by atoms with Crippen LogP contribution in [0.1, 0.15) is 23.5 Å². The normalized spacial score (nSPS) is 18.8. The number of carboxylic acids is 1.